The van der Waals surface area contributed by atoms with E-state index in [1.54, 1.807) is 0 Å². The first-order valence-corrected chi connectivity index (χ1v) is 13.3. The molecule has 39 heavy (non-hydrogen) atoms. The number of pyridine rings is 2. The molecule has 5 rings (SSSR count). The van der Waals surface area contributed by atoms with E-state index in [0.29, 0.717) is 19.2 Å². The summed E-state index contributed by atoms with van der Waals surface area (Å²) in [5, 5.41) is 8.57. The molecule has 0 bridgehead atoms. The van der Waals surface area contributed by atoms with E-state index in [1.165, 1.54) is 28.6 Å². The lowest BCUT2D eigenvalue weighted by Gasteiger charge is -2.18. The molecule has 0 radical (unpaired) electrons. The Balaban J connectivity index is 1.76. The van der Waals surface area contributed by atoms with Gasteiger partial charge in [-0.3, -0.25) is 9.36 Å². The molecule has 1 aliphatic rings. The molecule has 1 saturated heterocycles. The van der Waals surface area contributed by atoms with Crippen LogP contribution in [0.1, 0.15) is 23.2 Å². The Kier molecular flexibility index (Phi) is 6.61. The van der Waals surface area contributed by atoms with Gasteiger partial charge in [0, 0.05) is 30.9 Å². The number of halogens is 4. The molecule has 0 atom stereocenters. The first-order chi connectivity index (χ1) is 18.4. The topological polar surface area (TPSA) is 136 Å². The summed E-state index contributed by atoms with van der Waals surface area (Å²) in [6.45, 7) is 0.785. The van der Waals surface area contributed by atoms with Gasteiger partial charge in [0.1, 0.15) is 11.4 Å². The highest BCUT2D eigenvalue weighted by Gasteiger charge is 2.28. The Labute approximate surface area is 223 Å². The second-order valence-electron chi connectivity index (χ2n) is 8.79. The maximum absolute atomic E-state index is 15.4. The van der Waals surface area contributed by atoms with E-state index in [9.17, 15) is 31.9 Å². The lowest BCUT2D eigenvalue weighted by molar-refractivity contribution is 0.0695. The summed E-state index contributed by atoms with van der Waals surface area (Å²) in [7, 11) is -3.75. The third-order valence-corrected chi connectivity index (χ3v) is 8.70. The van der Waals surface area contributed by atoms with Crippen LogP contribution in [0.5, 0.6) is 0 Å². The van der Waals surface area contributed by atoms with Crippen molar-refractivity contribution in [3.8, 4) is 16.9 Å². The van der Waals surface area contributed by atoms with Crippen LogP contribution in [0.15, 0.2) is 52.3 Å². The molecule has 4 aromatic rings. The Morgan fingerprint density at radius 1 is 1.03 bits per heavy atom. The average molecular weight is 579 g/mol. The highest BCUT2D eigenvalue weighted by molar-refractivity contribution is 7.89. The van der Waals surface area contributed by atoms with E-state index in [-0.39, 0.29) is 21.5 Å². The Morgan fingerprint density at radius 2 is 1.67 bits per heavy atom. The minimum atomic E-state index is -3.75. The number of aromatic carboxylic acids is 1. The molecule has 3 N–H and O–H groups in total. The maximum atomic E-state index is 15.4. The van der Waals surface area contributed by atoms with Crippen molar-refractivity contribution in [1.29, 1.82) is 0 Å². The molecule has 2 aromatic carbocycles. The van der Waals surface area contributed by atoms with Crippen molar-refractivity contribution in [3.63, 3.8) is 0 Å². The fourth-order valence-corrected chi connectivity index (χ4v) is 6.42. The fourth-order valence-electron chi connectivity index (χ4n) is 4.51. The summed E-state index contributed by atoms with van der Waals surface area (Å²) >= 11 is 6.57. The SMILES string of the molecule is Nc1nc(-n2cc(C(=O)O)c(=O)c3cc(F)c(-c4ccc(S(=O)(=O)N5CCCC5)cc4)c(Cl)c32)c(F)cc1F. The maximum Gasteiger partial charge on any atom is 0.341 e. The van der Waals surface area contributed by atoms with Gasteiger partial charge in [-0.15, -0.1) is 0 Å². The number of nitrogen functional groups attached to an aromatic ring is 1. The van der Waals surface area contributed by atoms with Crippen LogP contribution in [0.4, 0.5) is 19.0 Å². The first-order valence-electron chi connectivity index (χ1n) is 11.4. The molecule has 2 aromatic heterocycles. The van der Waals surface area contributed by atoms with Gasteiger partial charge in [0.05, 0.1) is 20.8 Å². The van der Waals surface area contributed by atoms with Crippen molar-refractivity contribution in [2.45, 2.75) is 17.7 Å². The van der Waals surface area contributed by atoms with Crippen LogP contribution in [0.2, 0.25) is 5.02 Å². The van der Waals surface area contributed by atoms with Gasteiger partial charge in [0.15, 0.2) is 23.3 Å². The van der Waals surface area contributed by atoms with Crippen LogP contribution in [-0.2, 0) is 10.0 Å². The summed E-state index contributed by atoms with van der Waals surface area (Å²) in [6, 6.07) is 6.36. The van der Waals surface area contributed by atoms with Crippen molar-refractivity contribution in [1.82, 2.24) is 13.9 Å². The number of benzene rings is 2. The Hall–Kier alpha value is -3.94. The molecule has 1 aliphatic heterocycles. The molecule has 202 valence electrons. The zero-order valence-electron chi connectivity index (χ0n) is 19.8. The second-order valence-corrected chi connectivity index (χ2v) is 11.1. The van der Waals surface area contributed by atoms with E-state index >= 15 is 4.39 Å². The van der Waals surface area contributed by atoms with Gasteiger partial charge in [-0.2, -0.15) is 4.31 Å². The van der Waals surface area contributed by atoms with Gasteiger partial charge in [-0.1, -0.05) is 23.7 Å². The number of anilines is 1. The van der Waals surface area contributed by atoms with Crippen molar-refractivity contribution in [2.75, 3.05) is 18.8 Å². The lowest BCUT2D eigenvalue weighted by Crippen LogP contribution is -2.27. The van der Waals surface area contributed by atoms with Crippen LogP contribution in [0, 0.1) is 17.5 Å². The third kappa shape index (κ3) is 4.41. The number of hydrogen-bond donors (Lipinski definition) is 2. The molecule has 1 fully saturated rings. The monoisotopic (exact) mass is 578 g/mol. The standard InChI is InChI=1S/C25H18ClF3N4O5S/c26-20-19(12-3-5-13(6-4-12)39(37,38)32-7-1-2-8-32)16(27)9-14-21(20)33(11-15(22(14)34)25(35)36)24-18(29)10-17(28)23(30)31-24/h3-6,9-11H,1-2,7-8H2,(H2,30,31)(H,35,36). The van der Waals surface area contributed by atoms with Gasteiger partial charge < -0.3 is 10.8 Å². The van der Waals surface area contributed by atoms with E-state index < -0.39 is 66.5 Å². The number of carboxylic acids is 1. The lowest BCUT2D eigenvalue weighted by atomic mass is 10.0. The fraction of sp³-hybridized carbons (Fsp3) is 0.160. The molecule has 0 spiro atoms. The predicted octanol–water partition coefficient (Wildman–Crippen LogP) is 4.19. The Morgan fingerprint density at radius 3 is 2.28 bits per heavy atom. The van der Waals surface area contributed by atoms with Crippen molar-refractivity contribution < 1.29 is 31.5 Å². The molecule has 0 unspecified atom stereocenters. The zero-order chi connectivity index (χ0) is 28.2. The quantitative estimate of drug-likeness (QED) is 0.362. The van der Waals surface area contributed by atoms with E-state index in [1.807, 2.05) is 0 Å². The van der Waals surface area contributed by atoms with E-state index in [2.05, 4.69) is 4.98 Å². The summed E-state index contributed by atoms with van der Waals surface area (Å²) in [5.41, 5.74) is 3.04. The molecule has 0 aliphatic carbocycles. The van der Waals surface area contributed by atoms with Gasteiger partial charge in [0.25, 0.3) is 0 Å². The number of rotatable bonds is 5. The molecule has 3 heterocycles. The van der Waals surface area contributed by atoms with Gasteiger partial charge >= 0.3 is 5.97 Å². The molecule has 0 amide bonds. The highest BCUT2D eigenvalue weighted by Crippen LogP contribution is 2.38. The molecule has 9 nitrogen and oxygen atoms in total. The molecule has 0 saturated carbocycles. The van der Waals surface area contributed by atoms with Crippen molar-refractivity contribution in [2.24, 2.45) is 0 Å². The van der Waals surface area contributed by atoms with Crippen LogP contribution in [0.25, 0.3) is 27.8 Å². The molecule has 14 heteroatoms. The summed E-state index contributed by atoms with van der Waals surface area (Å²) in [5.74, 6) is -6.57. The van der Waals surface area contributed by atoms with Crippen molar-refractivity contribution >= 4 is 44.3 Å². The number of sulfonamides is 1. The summed E-state index contributed by atoms with van der Waals surface area (Å²) in [6.07, 6.45) is 2.22. The van der Waals surface area contributed by atoms with E-state index in [0.717, 1.165) is 29.7 Å². The average Bonchev–Trinajstić information content (AvgIpc) is 3.43. The normalized spacial score (nSPS) is 14.3. The molecular weight excluding hydrogens is 561 g/mol. The van der Waals surface area contributed by atoms with Gasteiger partial charge in [-0.05, 0) is 36.6 Å². The number of nitrogens with two attached hydrogens (primary N) is 1. The first kappa shape index (κ1) is 26.7. The smallest absolute Gasteiger partial charge is 0.341 e. The summed E-state index contributed by atoms with van der Waals surface area (Å²) < 4.78 is 71.9. The predicted molar refractivity (Wildman–Crippen MR) is 137 cm³/mol. The largest absolute Gasteiger partial charge is 0.477 e. The van der Waals surface area contributed by atoms with Crippen LogP contribution >= 0.6 is 11.6 Å². The third-order valence-electron chi connectivity index (χ3n) is 6.42. The Bertz CT molecular complexity index is 1840. The highest BCUT2D eigenvalue weighted by atomic mass is 35.5. The zero-order valence-corrected chi connectivity index (χ0v) is 21.4. The van der Waals surface area contributed by atoms with Crippen LogP contribution in [0.3, 0.4) is 0 Å². The summed E-state index contributed by atoms with van der Waals surface area (Å²) in [4.78, 5) is 28.3. The molecular formula is C25H18ClF3N4O5S. The van der Waals surface area contributed by atoms with Crippen molar-refractivity contribution in [3.05, 3.63) is 80.9 Å². The minimum Gasteiger partial charge on any atom is -0.477 e. The van der Waals surface area contributed by atoms with Gasteiger partial charge in [-0.25, -0.2) is 31.4 Å². The minimum absolute atomic E-state index is 0.0125. The number of nitrogens with zero attached hydrogens (tertiary/aromatic N) is 3. The number of aromatic nitrogens is 2. The van der Waals surface area contributed by atoms with Gasteiger partial charge in [0.2, 0.25) is 15.5 Å². The number of carboxylic acid groups (broad SMARTS) is 1. The van der Waals surface area contributed by atoms with Crippen LogP contribution in [-0.4, -0.2) is 46.4 Å². The van der Waals surface area contributed by atoms with Crippen LogP contribution < -0.4 is 11.2 Å². The second kappa shape index (κ2) is 9.67. The number of hydrogen-bond acceptors (Lipinski definition) is 6. The number of carbonyl (C=O) groups is 1. The van der Waals surface area contributed by atoms with E-state index in [4.69, 9.17) is 17.3 Å². The number of fused-ring (bicyclic) bond motifs is 1.